The Balaban J connectivity index is 2.06. The van der Waals surface area contributed by atoms with Crippen molar-refractivity contribution in [2.24, 2.45) is 11.1 Å². The van der Waals surface area contributed by atoms with Gasteiger partial charge in [0.25, 0.3) is 0 Å². The summed E-state index contributed by atoms with van der Waals surface area (Å²) in [4.78, 5) is 2.62. The molecule has 3 heteroatoms. The Hall–Kier alpha value is -0.120. The second kappa shape index (κ2) is 4.04. The molecule has 2 N–H and O–H groups in total. The lowest BCUT2D eigenvalue weighted by atomic mass is 9.87. The predicted molar refractivity (Wildman–Crippen MR) is 61.8 cm³/mol. The summed E-state index contributed by atoms with van der Waals surface area (Å²) < 4.78 is 5.46. The van der Waals surface area contributed by atoms with Gasteiger partial charge >= 0.3 is 0 Å². The fourth-order valence-electron chi connectivity index (χ4n) is 2.92. The van der Waals surface area contributed by atoms with Crippen molar-refractivity contribution in [3.8, 4) is 0 Å². The lowest BCUT2D eigenvalue weighted by molar-refractivity contribution is -0.0176. The molecule has 0 bridgehead atoms. The summed E-state index contributed by atoms with van der Waals surface area (Å²) in [5.41, 5.74) is 6.72. The highest BCUT2D eigenvalue weighted by Gasteiger charge is 2.42. The van der Waals surface area contributed by atoms with E-state index in [9.17, 15) is 0 Å². The summed E-state index contributed by atoms with van der Waals surface area (Å²) in [5.74, 6) is 0. The van der Waals surface area contributed by atoms with Gasteiger partial charge in [0.15, 0.2) is 0 Å². The molecule has 2 aliphatic heterocycles. The molecule has 0 atom stereocenters. The number of hydrogen-bond acceptors (Lipinski definition) is 3. The van der Waals surface area contributed by atoms with Crippen LogP contribution in [0.5, 0.6) is 0 Å². The van der Waals surface area contributed by atoms with E-state index in [1.54, 1.807) is 0 Å². The molecule has 2 rings (SSSR count). The van der Waals surface area contributed by atoms with Crippen molar-refractivity contribution in [1.29, 1.82) is 0 Å². The van der Waals surface area contributed by atoms with Gasteiger partial charge in [0.2, 0.25) is 0 Å². The number of ether oxygens (including phenoxy) is 1. The number of hydrogen-bond donors (Lipinski definition) is 1. The van der Waals surface area contributed by atoms with Crippen LogP contribution >= 0.6 is 0 Å². The molecule has 15 heavy (non-hydrogen) atoms. The van der Waals surface area contributed by atoms with Crippen LogP contribution in [0.25, 0.3) is 0 Å². The van der Waals surface area contributed by atoms with Crippen LogP contribution in [-0.4, -0.2) is 43.3 Å². The highest BCUT2D eigenvalue weighted by Crippen LogP contribution is 2.37. The van der Waals surface area contributed by atoms with Crippen molar-refractivity contribution in [2.75, 3.05) is 32.8 Å². The molecule has 0 unspecified atom stereocenters. The first-order chi connectivity index (χ1) is 7.08. The van der Waals surface area contributed by atoms with Crippen molar-refractivity contribution in [3.05, 3.63) is 0 Å². The second-order valence-electron chi connectivity index (χ2n) is 5.88. The van der Waals surface area contributed by atoms with Gasteiger partial charge in [-0.25, -0.2) is 0 Å². The van der Waals surface area contributed by atoms with E-state index in [1.165, 1.54) is 19.5 Å². The van der Waals surface area contributed by atoms with Gasteiger partial charge in [-0.05, 0) is 31.2 Å². The molecule has 0 aliphatic carbocycles. The molecule has 0 spiro atoms. The van der Waals surface area contributed by atoms with Crippen molar-refractivity contribution in [1.82, 2.24) is 4.90 Å². The molecule has 2 aliphatic rings. The normalized spacial score (nSPS) is 30.6. The molecule has 2 saturated heterocycles. The molecule has 88 valence electrons. The largest absolute Gasteiger partial charge is 0.381 e. The van der Waals surface area contributed by atoms with E-state index in [2.05, 4.69) is 18.7 Å². The second-order valence-corrected chi connectivity index (χ2v) is 5.88. The molecule has 0 amide bonds. The van der Waals surface area contributed by atoms with Crippen molar-refractivity contribution >= 4 is 0 Å². The standard InChI is InChI=1S/C12H24N2O/c1-11(2)3-6-14(10-11)12(9-13)4-7-15-8-5-12/h3-10,13H2,1-2H3. The van der Waals surface area contributed by atoms with E-state index in [-0.39, 0.29) is 5.54 Å². The molecule has 3 nitrogen and oxygen atoms in total. The van der Waals surface area contributed by atoms with Gasteiger partial charge in [0.1, 0.15) is 0 Å². The van der Waals surface area contributed by atoms with E-state index in [4.69, 9.17) is 10.5 Å². The van der Waals surface area contributed by atoms with Gasteiger partial charge in [-0.3, -0.25) is 4.90 Å². The Kier molecular flexibility index (Phi) is 3.06. The minimum absolute atomic E-state index is 0.242. The molecule has 0 aromatic rings. The number of likely N-dealkylation sites (tertiary alicyclic amines) is 1. The molecule has 0 aromatic heterocycles. The summed E-state index contributed by atoms with van der Waals surface area (Å²) in [7, 11) is 0. The van der Waals surface area contributed by atoms with Crippen LogP contribution in [0, 0.1) is 5.41 Å². The number of rotatable bonds is 2. The molecule has 0 radical (unpaired) electrons. The van der Waals surface area contributed by atoms with Crippen molar-refractivity contribution in [2.45, 2.75) is 38.6 Å². The Morgan fingerprint density at radius 3 is 2.33 bits per heavy atom. The fourth-order valence-corrected chi connectivity index (χ4v) is 2.92. The molecular weight excluding hydrogens is 188 g/mol. The minimum Gasteiger partial charge on any atom is -0.381 e. The first-order valence-corrected chi connectivity index (χ1v) is 6.11. The third-order valence-electron chi connectivity index (χ3n) is 4.15. The van der Waals surface area contributed by atoms with Gasteiger partial charge in [-0.15, -0.1) is 0 Å². The maximum atomic E-state index is 6.01. The van der Waals surface area contributed by atoms with Crippen LogP contribution in [0.3, 0.4) is 0 Å². The van der Waals surface area contributed by atoms with Crippen LogP contribution in [0.2, 0.25) is 0 Å². The van der Waals surface area contributed by atoms with Crippen LogP contribution in [-0.2, 0) is 4.74 Å². The maximum absolute atomic E-state index is 6.01. The molecule has 0 aromatic carbocycles. The first-order valence-electron chi connectivity index (χ1n) is 6.11. The number of nitrogens with zero attached hydrogens (tertiary/aromatic N) is 1. The topological polar surface area (TPSA) is 38.5 Å². The quantitative estimate of drug-likeness (QED) is 0.748. The summed E-state index contributed by atoms with van der Waals surface area (Å²) in [6, 6.07) is 0. The highest BCUT2D eigenvalue weighted by atomic mass is 16.5. The molecular formula is C12H24N2O. The predicted octanol–water partition coefficient (Wildman–Crippen LogP) is 1.23. The fraction of sp³-hybridized carbons (Fsp3) is 1.00. The van der Waals surface area contributed by atoms with E-state index in [0.29, 0.717) is 5.41 Å². The van der Waals surface area contributed by atoms with E-state index >= 15 is 0 Å². The zero-order valence-corrected chi connectivity index (χ0v) is 10.1. The molecule has 2 heterocycles. The third-order valence-corrected chi connectivity index (χ3v) is 4.15. The summed E-state index contributed by atoms with van der Waals surface area (Å²) in [6.45, 7) is 9.68. The summed E-state index contributed by atoms with van der Waals surface area (Å²) in [6.07, 6.45) is 3.52. The summed E-state index contributed by atoms with van der Waals surface area (Å²) in [5, 5.41) is 0. The van der Waals surface area contributed by atoms with E-state index < -0.39 is 0 Å². The van der Waals surface area contributed by atoms with Crippen LogP contribution < -0.4 is 5.73 Å². The average Bonchev–Trinajstić information content (AvgIpc) is 2.60. The number of nitrogens with two attached hydrogens (primary N) is 1. The Morgan fingerprint density at radius 1 is 1.20 bits per heavy atom. The van der Waals surface area contributed by atoms with Gasteiger partial charge < -0.3 is 10.5 Å². The monoisotopic (exact) mass is 212 g/mol. The minimum atomic E-state index is 0.242. The van der Waals surface area contributed by atoms with Gasteiger partial charge in [-0.2, -0.15) is 0 Å². The maximum Gasteiger partial charge on any atom is 0.0484 e. The molecule has 2 fully saturated rings. The molecule has 0 saturated carbocycles. The lowest BCUT2D eigenvalue weighted by Crippen LogP contribution is -2.56. The van der Waals surface area contributed by atoms with Crippen LogP contribution in [0.1, 0.15) is 33.1 Å². The Morgan fingerprint density at radius 2 is 1.87 bits per heavy atom. The van der Waals surface area contributed by atoms with E-state index in [1.807, 2.05) is 0 Å². The zero-order chi connectivity index (χ0) is 10.9. The zero-order valence-electron chi connectivity index (χ0n) is 10.1. The van der Waals surface area contributed by atoms with Gasteiger partial charge in [0.05, 0.1) is 0 Å². The van der Waals surface area contributed by atoms with Gasteiger partial charge in [-0.1, -0.05) is 13.8 Å². The van der Waals surface area contributed by atoms with Crippen LogP contribution in [0.4, 0.5) is 0 Å². The van der Waals surface area contributed by atoms with Gasteiger partial charge in [0, 0.05) is 31.8 Å². The lowest BCUT2D eigenvalue weighted by Gasteiger charge is -2.44. The first kappa shape index (κ1) is 11.4. The SMILES string of the molecule is CC1(C)CCN(C2(CN)CCOCC2)C1. The summed E-state index contributed by atoms with van der Waals surface area (Å²) >= 11 is 0. The van der Waals surface area contributed by atoms with Crippen molar-refractivity contribution in [3.63, 3.8) is 0 Å². The Labute approximate surface area is 93.0 Å². The highest BCUT2D eigenvalue weighted by molar-refractivity contribution is 4.98. The van der Waals surface area contributed by atoms with E-state index in [0.717, 1.165) is 32.6 Å². The third kappa shape index (κ3) is 2.19. The Bertz CT molecular complexity index is 222. The smallest absolute Gasteiger partial charge is 0.0484 e. The average molecular weight is 212 g/mol. The van der Waals surface area contributed by atoms with Crippen molar-refractivity contribution < 1.29 is 4.74 Å². The van der Waals surface area contributed by atoms with Crippen LogP contribution in [0.15, 0.2) is 0 Å².